The summed E-state index contributed by atoms with van der Waals surface area (Å²) in [6.07, 6.45) is 7.20. The summed E-state index contributed by atoms with van der Waals surface area (Å²) in [5, 5.41) is 15.2. The molecule has 1 aromatic rings. The molecular formula is C15H26N2O. The smallest absolute Gasteiger partial charge is 0.0703 e. The first kappa shape index (κ1) is 13.6. The van der Waals surface area contributed by atoms with Gasteiger partial charge in [0.05, 0.1) is 11.3 Å². The Morgan fingerprint density at radius 3 is 2.56 bits per heavy atom. The Labute approximate surface area is 110 Å². The van der Waals surface area contributed by atoms with Gasteiger partial charge in [-0.05, 0) is 44.1 Å². The van der Waals surface area contributed by atoms with Crippen LogP contribution in [0.15, 0.2) is 6.07 Å². The second kappa shape index (κ2) is 5.43. The van der Waals surface area contributed by atoms with Crippen LogP contribution in [0.4, 0.5) is 0 Å². The molecule has 18 heavy (non-hydrogen) atoms. The summed E-state index contributed by atoms with van der Waals surface area (Å²) < 4.78 is 1.93. The van der Waals surface area contributed by atoms with Crippen molar-refractivity contribution >= 4 is 0 Å². The zero-order valence-corrected chi connectivity index (χ0v) is 11.9. The molecule has 0 unspecified atom stereocenters. The highest BCUT2D eigenvalue weighted by molar-refractivity contribution is 5.13. The molecule has 1 N–H and O–H groups in total. The van der Waals surface area contributed by atoms with Crippen LogP contribution in [-0.4, -0.2) is 20.5 Å². The van der Waals surface area contributed by atoms with Crippen LogP contribution in [0.25, 0.3) is 0 Å². The van der Waals surface area contributed by atoms with Crippen LogP contribution in [0.3, 0.4) is 0 Å². The number of rotatable bonds is 4. The fourth-order valence-electron chi connectivity index (χ4n) is 3.05. The summed E-state index contributed by atoms with van der Waals surface area (Å²) in [4.78, 5) is 0. The van der Waals surface area contributed by atoms with Crippen molar-refractivity contribution in [2.45, 2.75) is 64.4 Å². The number of aromatic nitrogens is 2. The highest BCUT2D eigenvalue weighted by Crippen LogP contribution is 2.35. The first-order valence-corrected chi connectivity index (χ1v) is 7.30. The van der Waals surface area contributed by atoms with Crippen LogP contribution < -0.4 is 0 Å². The van der Waals surface area contributed by atoms with Gasteiger partial charge < -0.3 is 5.11 Å². The summed E-state index contributed by atoms with van der Waals surface area (Å²) in [6.45, 7) is 4.37. The largest absolute Gasteiger partial charge is 0.389 e. The Bertz CT molecular complexity index is 389. The molecule has 0 radical (unpaired) electrons. The van der Waals surface area contributed by atoms with Crippen molar-refractivity contribution in [1.82, 2.24) is 9.78 Å². The molecule has 0 aliphatic heterocycles. The van der Waals surface area contributed by atoms with E-state index in [1.54, 1.807) is 0 Å². The fraction of sp³-hybridized carbons (Fsp3) is 0.800. The van der Waals surface area contributed by atoms with E-state index in [9.17, 15) is 5.11 Å². The van der Waals surface area contributed by atoms with Gasteiger partial charge in [-0.2, -0.15) is 5.10 Å². The average Bonchev–Trinajstić information content (AvgIpc) is 2.71. The standard InChI is InChI=1S/C15H26N2O/c1-4-12-6-8-15(18,9-7-12)11-14-10-13(5-2)16-17(14)3/h10,12,18H,4-9,11H2,1-3H3. The lowest BCUT2D eigenvalue weighted by atomic mass is 9.76. The van der Waals surface area contributed by atoms with E-state index in [0.717, 1.165) is 37.3 Å². The van der Waals surface area contributed by atoms with E-state index in [2.05, 4.69) is 25.0 Å². The molecule has 0 atom stereocenters. The summed E-state index contributed by atoms with van der Waals surface area (Å²) >= 11 is 0. The first-order chi connectivity index (χ1) is 8.56. The molecule has 1 fully saturated rings. The molecule has 0 aromatic carbocycles. The SMILES string of the molecule is CCc1cc(CC2(O)CCC(CC)CC2)n(C)n1. The summed E-state index contributed by atoms with van der Waals surface area (Å²) in [6, 6.07) is 2.14. The second-order valence-electron chi connectivity index (χ2n) is 5.86. The van der Waals surface area contributed by atoms with Crippen LogP contribution >= 0.6 is 0 Å². The van der Waals surface area contributed by atoms with Gasteiger partial charge >= 0.3 is 0 Å². The maximum absolute atomic E-state index is 10.7. The predicted octanol–water partition coefficient (Wildman–Crippen LogP) is 2.86. The van der Waals surface area contributed by atoms with Gasteiger partial charge in [0.2, 0.25) is 0 Å². The molecule has 1 heterocycles. The number of aryl methyl sites for hydroxylation is 2. The van der Waals surface area contributed by atoms with E-state index in [1.807, 2.05) is 11.7 Å². The van der Waals surface area contributed by atoms with Crippen LogP contribution in [-0.2, 0) is 19.9 Å². The Balaban J connectivity index is 2.02. The van der Waals surface area contributed by atoms with Gasteiger partial charge in [0.25, 0.3) is 0 Å². The monoisotopic (exact) mass is 250 g/mol. The summed E-state index contributed by atoms with van der Waals surface area (Å²) in [5.74, 6) is 0.822. The van der Waals surface area contributed by atoms with Crippen molar-refractivity contribution in [2.24, 2.45) is 13.0 Å². The van der Waals surface area contributed by atoms with Gasteiger partial charge in [0.15, 0.2) is 0 Å². The van der Waals surface area contributed by atoms with Gasteiger partial charge in [-0.3, -0.25) is 4.68 Å². The quantitative estimate of drug-likeness (QED) is 0.892. The maximum Gasteiger partial charge on any atom is 0.0703 e. The lowest BCUT2D eigenvalue weighted by Crippen LogP contribution is -2.36. The van der Waals surface area contributed by atoms with Crippen LogP contribution in [0.5, 0.6) is 0 Å². The van der Waals surface area contributed by atoms with E-state index in [1.165, 1.54) is 25.0 Å². The minimum Gasteiger partial charge on any atom is -0.389 e. The zero-order valence-electron chi connectivity index (χ0n) is 11.9. The van der Waals surface area contributed by atoms with Crippen molar-refractivity contribution in [3.63, 3.8) is 0 Å². The molecular weight excluding hydrogens is 224 g/mol. The number of aliphatic hydroxyl groups is 1. The van der Waals surface area contributed by atoms with Crippen molar-refractivity contribution in [3.8, 4) is 0 Å². The minimum absolute atomic E-state index is 0.496. The van der Waals surface area contributed by atoms with E-state index >= 15 is 0 Å². The van der Waals surface area contributed by atoms with Crippen molar-refractivity contribution in [3.05, 3.63) is 17.5 Å². The molecule has 2 rings (SSSR count). The fourth-order valence-corrected chi connectivity index (χ4v) is 3.05. The average molecular weight is 250 g/mol. The van der Waals surface area contributed by atoms with Gasteiger partial charge in [-0.25, -0.2) is 0 Å². The molecule has 0 bridgehead atoms. The van der Waals surface area contributed by atoms with Crippen LogP contribution in [0.2, 0.25) is 0 Å². The molecule has 3 heteroatoms. The normalized spacial score (nSPS) is 28.6. The highest BCUT2D eigenvalue weighted by Gasteiger charge is 2.33. The Kier molecular flexibility index (Phi) is 4.10. The first-order valence-electron chi connectivity index (χ1n) is 7.30. The van der Waals surface area contributed by atoms with Crippen molar-refractivity contribution in [1.29, 1.82) is 0 Å². The Morgan fingerprint density at radius 1 is 1.39 bits per heavy atom. The topological polar surface area (TPSA) is 38.0 Å². The third kappa shape index (κ3) is 2.94. The number of nitrogens with zero attached hydrogens (tertiary/aromatic N) is 2. The van der Waals surface area contributed by atoms with Gasteiger partial charge in [-0.15, -0.1) is 0 Å². The highest BCUT2D eigenvalue weighted by atomic mass is 16.3. The van der Waals surface area contributed by atoms with Crippen molar-refractivity contribution in [2.75, 3.05) is 0 Å². The lowest BCUT2D eigenvalue weighted by Gasteiger charge is -2.35. The Morgan fingerprint density at radius 2 is 2.06 bits per heavy atom. The molecule has 1 saturated carbocycles. The molecule has 1 aromatic heterocycles. The molecule has 102 valence electrons. The van der Waals surface area contributed by atoms with Crippen LogP contribution in [0.1, 0.15) is 57.3 Å². The van der Waals surface area contributed by atoms with E-state index in [0.29, 0.717) is 0 Å². The minimum atomic E-state index is -0.496. The van der Waals surface area contributed by atoms with E-state index < -0.39 is 5.60 Å². The molecule has 0 spiro atoms. The van der Waals surface area contributed by atoms with E-state index in [-0.39, 0.29) is 0 Å². The molecule has 3 nitrogen and oxygen atoms in total. The molecule has 0 amide bonds. The summed E-state index contributed by atoms with van der Waals surface area (Å²) in [7, 11) is 1.98. The zero-order chi connectivity index (χ0) is 13.2. The third-order valence-corrected chi connectivity index (χ3v) is 4.51. The molecule has 1 aliphatic carbocycles. The lowest BCUT2D eigenvalue weighted by molar-refractivity contribution is -0.0106. The predicted molar refractivity (Wildman–Crippen MR) is 73.5 cm³/mol. The van der Waals surface area contributed by atoms with Gasteiger partial charge in [0.1, 0.15) is 0 Å². The second-order valence-corrected chi connectivity index (χ2v) is 5.86. The third-order valence-electron chi connectivity index (χ3n) is 4.51. The summed E-state index contributed by atoms with van der Waals surface area (Å²) in [5.41, 5.74) is 1.80. The van der Waals surface area contributed by atoms with Gasteiger partial charge in [0, 0.05) is 19.2 Å². The van der Waals surface area contributed by atoms with E-state index in [4.69, 9.17) is 0 Å². The van der Waals surface area contributed by atoms with Crippen LogP contribution in [0, 0.1) is 5.92 Å². The maximum atomic E-state index is 10.7. The molecule has 0 saturated heterocycles. The number of hydrogen-bond acceptors (Lipinski definition) is 2. The number of hydrogen-bond donors (Lipinski definition) is 1. The van der Waals surface area contributed by atoms with Gasteiger partial charge in [-0.1, -0.05) is 20.3 Å². The Hall–Kier alpha value is -0.830. The molecule has 1 aliphatic rings. The van der Waals surface area contributed by atoms with Crippen molar-refractivity contribution < 1.29 is 5.11 Å².